The summed E-state index contributed by atoms with van der Waals surface area (Å²) < 4.78 is 0. The van der Waals surface area contributed by atoms with Crippen LogP contribution in [-0.2, 0) is 4.79 Å². The van der Waals surface area contributed by atoms with Crippen LogP contribution in [0.15, 0.2) is 12.7 Å². The minimum absolute atomic E-state index is 0.0950. The Labute approximate surface area is 78.2 Å². The third-order valence-corrected chi connectivity index (χ3v) is 2.35. The topological polar surface area (TPSA) is 52.6 Å². The predicted octanol–water partition coefficient (Wildman–Crippen LogP) is -0.646. The second-order valence-electron chi connectivity index (χ2n) is 3.28. The Balaban J connectivity index is 2.70. The van der Waals surface area contributed by atoms with Gasteiger partial charge in [0.25, 0.3) is 0 Å². The molecule has 1 heterocycles. The first kappa shape index (κ1) is 10.2. The average Bonchev–Trinajstić information content (AvgIpc) is 2.12. The van der Waals surface area contributed by atoms with Crippen LogP contribution in [0.2, 0.25) is 0 Å². The first-order chi connectivity index (χ1) is 6.20. The van der Waals surface area contributed by atoms with Crippen LogP contribution in [0.4, 0.5) is 0 Å². The number of nitrogens with zero attached hydrogens (tertiary/aromatic N) is 1. The third-order valence-electron chi connectivity index (χ3n) is 2.35. The molecule has 2 N–H and O–H groups in total. The molecule has 0 saturated carbocycles. The molecule has 0 aromatic carbocycles. The van der Waals surface area contributed by atoms with E-state index in [1.807, 2.05) is 11.8 Å². The number of carbonyl (C=O) groups excluding carboxylic acids is 1. The minimum atomic E-state index is -0.415. The van der Waals surface area contributed by atoms with Crippen LogP contribution < -0.4 is 5.32 Å². The molecule has 0 aromatic heterocycles. The molecular weight excluding hydrogens is 168 g/mol. The Hall–Kier alpha value is -0.870. The van der Waals surface area contributed by atoms with E-state index in [1.54, 1.807) is 6.08 Å². The molecule has 0 spiro atoms. The highest BCUT2D eigenvalue weighted by Crippen LogP contribution is 2.09. The van der Waals surface area contributed by atoms with Crippen molar-refractivity contribution in [3.05, 3.63) is 12.7 Å². The van der Waals surface area contributed by atoms with Crippen molar-refractivity contribution in [2.24, 2.45) is 0 Å². The van der Waals surface area contributed by atoms with Gasteiger partial charge < -0.3 is 10.4 Å². The van der Waals surface area contributed by atoms with Gasteiger partial charge in [0.1, 0.15) is 6.04 Å². The van der Waals surface area contributed by atoms with Crippen molar-refractivity contribution in [2.75, 3.05) is 19.7 Å². The first-order valence-electron chi connectivity index (χ1n) is 4.46. The number of aliphatic hydroxyl groups is 1. The molecule has 1 fully saturated rings. The number of amides is 1. The lowest BCUT2D eigenvalue weighted by molar-refractivity contribution is -0.132. The third kappa shape index (κ3) is 2.08. The van der Waals surface area contributed by atoms with Crippen molar-refractivity contribution in [1.29, 1.82) is 0 Å². The molecule has 0 radical (unpaired) electrons. The highest BCUT2D eigenvalue weighted by molar-refractivity contribution is 5.82. The summed E-state index contributed by atoms with van der Waals surface area (Å²) in [6.45, 7) is 6.79. The van der Waals surface area contributed by atoms with Gasteiger partial charge >= 0.3 is 0 Å². The van der Waals surface area contributed by atoms with E-state index in [9.17, 15) is 4.79 Å². The quantitative estimate of drug-likeness (QED) is 0.573. The van der Waals surface area contributed by atoms with Gasteiger partial charge in [-0.25, -0.2) is 0 Å². The van der Waals surface area contributed by atoms with Crippen molar-refractivity contribution in [2.45, 2.75) is 19.0 Å². The van der Waals surface area contributed by atoms with E-state index in [4.69, 9.17) is 5.11 Å². The molecule has 0 bridgehead atoms. The first-order valence-corrected chi connectivity index (χ1v) is 4.46. The normalized spacial score (nSPS) is 29.8. The summed E-state index contributed by atoms with van der Waals surface area (Å²) in [5.74, 6) is -0.0950. The number of piperazine rings is 1. The minimum Gasteiger partial charge on any atom is -0.394 e. The van der Waals surface area contributed by atoms with Gasteiger partial charge in [0.2, 0.25) is 5.91 Å². The Morgan fingerprint density at radius 2 is 2.54 bits per heavy atom. The Morgan fingerprint density at radius 1 is 1.85 bits per heavy atom. The molecule has 13 heavy (non-hydrogen) atoms. The highest BCUT2D eigenvalue weighted by atomic mass is 16.3. The van der Waals surface area contributed by atoms with Gasteiger partial charge in [-0.15, -0.1) is 6.58 Å². The standard InChI is InChI=1S/C9H16N2O2/c1-3-4-11-7(2)5-10-9(13)8(11)6-12/h3,7-8,12H,1,4-6H2,2H3,(H,10,13). The fourth-order valence-corrected chi connectivity index (χ4v) is 1.59. The summed E-state index contributed by atoms with van der Waals surface area (Å²) in [6.07, 6.45) is 1.75. The number of rotatable bonds is 3. The fourth-order valence-electron chi connectivity index (χ4n) is 1.59. The van der Waals surface area contributed by atoms with Gasteiger partial charge in [0, 0.05) is 19.1 Å². The molecule has 1 amide bonds. The average molecular weight is 184 g/mol. The van der Waals surface area contributed by atoms with Crippen LogP contribution in [0.5, 0.6) is 0 Å². The van der Waals surface area contributed by atoms with Gasteiger partial charge in [-0.05, 0) is 6.92 Å². The zero-order valence-electron chi connectivity index (χ0n) is 7.86. The zero-order valence-corrected chi connectivity index (χ0v) is 7.86. The van der Waals surface area contributed by atoms with Gasteiger partial charge in [-0.3, -0.25) is 9.69 Å². The number of nitrogens with one attached hydrogen (secondary N) is 1. The monoisotopic (exact) mass is 184 g/mol. The van der Waals surface area contributed by atoms with Crippen LogP contribution in [0, 0.1) is 0 Å². The maximum absolute atomic E-state index is 11.3. The van der Waals surface area contributed by atoms with E-state index in [-0.39, 0.29) is 18.6 Å². The molecule has 1 aliphatic heterocycles. The van der Waals surface area contributed by atoms with E-state index in [2.05, 4.69) is 11.9 Å². The summed E-state index contributed by atoms with van der Waals surface area (Å²) in [7, 11) is 0. The molecule has 0 aliphatic carbocycles. The van der Waals surface area contributed by atoms with E-state index >= 15 is 0 Å². The van der Waals surface area contributed by atoms with Crippen molar-refractivity contribution in [3.63, 3.8) is 0 Å². The van der Waals surface area contributed by atoms with Crippen LogP contribution in [0.25, 0.3) is 0 Å². The smallest absolute Gasteiger partial charge is 0.239 e. The Morgan fingerprint density at radius 3 is 3.08 bits per heavy atom. The summed E-state index contributed by atoms with van der Waals surface area (Å²) in [5.41, 5.74) is 0. The molecule has 74 valence electrons. The molecule has 1 aliphatic rings. The van der Waals surface area contributed by atoms with Gasteiger partial charge in [0.05, 0.1) is 6.61 Å². The Bertz CT molecular complexity index is 206. The maximum Gasteiger partial charge on any atom is 0.239 e. The number of hydrogen-bond donors (Lipinski definition) is 2. The second kappa shape index (κ2) is 4.39. The van der Waals surface area contributed by atoms with Crippen molar-refractivity contribution in [1.82, 2.24) is 10.2 Å². The van der Waals surface area contributed by atoms with E-state index in [1.165, 1.54) is 0 Å². The number of carbonyl (C=O) groups is 1. The van der Waals surface area contributed by atoms with Crippen LogP contribution in [-0.4, -0.2) is 47.7 Å². The number of aliphatic hydroxyl groups excluding tert-OH is 1. The lowest BCUT2D eigenvalue weighted by Crippen LogP contribution is -2.60. The van der Waals surface area contributed by atoms with Crippen LogP contribution in [0.1, 0.15) is 6.92 Å². The molecule has 1 saturated heterocycles. The molecule has 4 nitrogen and oxygen atoms in total. The highest BCUT2D eigenvalue weighted by Gasteiger charge is 2.32. The van der Waals surface area contributed by atoms with Crippen LogP contribution in [0.3, 0.4) is 0 Å². The largest absolute Gasteiger partial charge is 0.394 e. The van der Waals surface area contributed by atoms with Gasteiger partial charge in [0.15, 0.2) is 0 Å². The fraction of sp³-hybridized carbons (Fsp3) is 0.667. The summed E-state index contributed by atoms with van der Waals surface area (Å²) in [5, 5.41) is 11.8. The summed E-state index contributed by atoms with van der Waals surface area (Å²) >= 11 is 0. The molecule has 2 unspecified atom stereocenters. The molecule has 2 atom stereocenters. The molecule has 4 heteroatoms. The molecule has 0 aromatic rings. The van der Waals surface area contributed by atoms with Crippen molar-refractivity contribution in [3.8, 4) is 0 Å². The van der Waals surface area contributed by atoms with E-state index in [0.717, 1.165) is 0 Å². The summed E-state index contributed by atoms with van der Waals surface area (Å²) in [4.78, 5) is 13.3. The van der Waals surface area contributed by atoms with Gasteiger partial charge in [-0.1, -0.05) is 6.08 Å². The number of hydrogen-bond acceptors (Lipinski definition) is 3. The van der Waals surface area contributed by atoms with Crippen LogP contribution >= 0.6 is 0 Å². The van der Waals surface area contributed by atoms with E-state index < -0.39 is 6.04 Å². The SMILES string of the molecule is C=CCN1C(C)CNC(=O)C1CO. The van der Waals surface area contributed by atoms with E-state index in [0.29, 0.717) is 13.1 Å². The second-order valence-corrected chi connectivity index (χ2v) is 3.28. The summed E-state index contributed by atoms with van der Waals surface area (Å²) in [6, 6.07) is -0.158. The zero-order chi connectivity index (χ0) is 9.84. The lowest BCUT2D eigenvalue weighted by atomic mass is 10.1. The Kier molecular flexibility index (Phi) is 3.45. The molecular formula is C9H16N2O2. The molecule has 1 rings (SSSR count). The van der Waals surface area contributed by atoms with Crippen molar-refractivity contribution < 1.29 is 9.90 Å². The maximum atomic E-state index is 11.3. The lowest BCUT2D eigenvalue weighted by Gasteiger charge is -2.38. The van der Waals surface area contributed by atoms with Crippen molar-refractivity contribution >= 4 is 5.91 Å². The predicted molar refractivity (Wildman–Crippen MR) is 50.2 cm³/mol. The van der Waals surface area contributed by atoms with Gasteiger partial charge in [-0.2, -0.15) is 0 Å².